The fourth-order valence-corrected chi connectivity index (χ4v) is 1.37. The molecule has 0 bridgehead atoms. The van der Waals surface area contributed by atoms with Gasteiger partial charge in [0.05, 0.1) is 5.69 Å². The third kappa shape index (κ3) is 1.58. The van der Waals surface area contributed by atoms with E-state index in [-0.39, 0.29) is 11.6 Å². The van der Waals surface area contributed by atoms with Crippen LogP contribution in [0.3, 0.4) is 0 Å². The van der Waals surface area contributed by atoms with Gasteiger partial charge in [-0.25, -0.2) is 14.8 Å². The molecule has 0 atom stereocenters. The van der Waals surface area contributed by atoms with Crippen LogP contribution in [-0.2, 0) is 0 Å². The Hall–Kier alpha value is -2.44. The monoisotopic (exact) mass is 218 g/mol. The predicted octanol–water partition coefficient (Wildman–Crippen LogP) is -0.505. The first-order valence-corrected chi connectivity index (χ1v) is 4.52. The SMILES string of the molecule is Cc1ncnc(N)c1-n1ccc(N)nc1=O. The van der Waals surface area contributed by atoms with Gasteiger partial charge in [0.25, 0.3) is 0 Å². The molecule has 16 heavy (non-hydrogen) atoms. The fourth-order valence-electron chi connectivity index (χ4n) is 1.37. The van der Waals surface area contributed by atoms with Crippen molar-refractivity contribution in [2.24, 2.45) is 0 Å². The number of hydrogen-bond acceptors (Lipinski definition) is 6. The lowest BCUT2D eigenvalue weighted by molar-refractivity contribution is 0.890. The van der Waals surface area contributed by atoms with E-state index in [4.69, 9.17) is 11.5 Å². The van der Waals surface area contributed by atoms with Crippen molar-refractivity contribution in [2.75, 3.05) is 11.5 Å². The highest BCUT2D eigenvalue weighted by Crippen LogP contribution is 2.14. The van der Waals surface area contributed by atoms with Gasteiger partial charge in [0.1, 0.15) is 17.8 Å². The maximum Gasteiger partial charge on any atom is 0.354 e. The van der Waals surface area contributed by atoms with Crippen LogP contribution in [0.25, 0.3) is 5.69 Å². The van der Waals surface area contributed by atoms with Gasteiger partial charge in [0.15, 0.2) is 5.82 Å². The molecule has 2 rings (SSSR count). The first kappa shape index (κ1) is 10.1. The summed E-state index contributed by atoms with van der Waals surface area (Å²) in [4.78, 5) is 23.0. The standard InChI is InChI=1S/C9H10N6O/c1-5-7(8(11)13-4-12-5)15-3-2-6(10)14-9(15)16/h2-4H,1H3,(H2,10,14,16)(H2,11,12,13). The topological polar surface area (TPSA) is 113 Å². The van der Waals surface area contributed by atoms with E-state index >= 15 is 0 Å². The third-order valence-corrected chi connectivity index (χ3v) is 2.10. The summed E-state index contributed by atoms with van der Waals surface area (Å²) in [6, 6.07) is 1.51. The van der Waals surface area contributed by atoms with E-state index in [1.165, 1.54) is 23.2 Å². The van der Waals surface area contributed by atoms with Gasteiger partial charge in [-0.2, -0.15) is 4.98 Å². The van der Waals surface area contributed by atoms with Crippen LogP contribution in [-0.4, -0.2) is 19.5 Å². The first-order valence-electron chi connectivity index (χ1n) is 4.52. The summed E-state index contributed by atoms with van der Waals surface area (Å²) in [5, 5.41) is 0. The molecule has 0 aliphatic rings. The molecule has 0 aliphatic carbocycles. The highest BCUT2D eigenvalue weighted by atomic mass is 16.1. The average molecular weight is 218 g/mol. The molecule has 2 heterocycles. The molecule has 82 valence electrons. The summed E-state index contributed by atoms with van der Waals surface area (Å²) in [5.41, 5.74) is 11.6. The Kier molecular flexibility index (Phi) is 2.28. The second kappa shape index (κ2) is 3.61. The summed E-state index contributed by atoms with van der Waals surface area (Å²) in [5.74, 6) is 0.385. The van der Waals surface area contributed by atoms with Gasteiger partial charge in [-0.3, -0.25) is 4.57 Å². The van der Waals surface area contributed by atoms with Crippen molar-refractivity contribution >= 4 is 11.6 Å². The number of rotatable bonds is 1. The van der Waals surface area contributed by atoms with Crippen LogP contribution in [0.1, 0.15) is 5.69 Å². The van der Waals surface area contributed by atoms with E-state index in [1.807, 2.05) is 0 Å². The number of hydrogen-bond donors (Lipinski definition) is 2. The second-order valence-corrected chi connectivity index (χ2v) is 3.20. The lowest BCUT2D eigenvalue weighted by Crippen LogP contribution is -2.23. The van der Waals surface area contributed by atoms with E-state index in [2.05, 4.69) is 15.0 Å². The normalized spacial score (nSPS) is 10.3. The Morgan fingerprint density at radius 3 is 2.69 bits per heavy atom. The molecule has 0 saturated carbocycles. The Bertz CT molecular complexity index is 571. The third-order valence-electron chi connectivity index (χ3n) is 2.10. The van der Waals surface area contributed by atoms with Crippen molar-refractivity contribution in [2.45, 2.75) is 6.92 Å². The lowest BCUT2D eigenvalue weighted by Gasteiger charge is -2.09. The van der Waals surface area contributed by atoms with E-state index in [1.54, 1.807) is 6.92 Å². The number of nitrogen functional groups attached to an aromatic ring is 2. The molecule has 7 nitrogen and oxygen atoms in total. The Morgan fingerprint density at radius 2 is 2.06 bits per heavy atom. The minimum atomic E-state index is -0.510. The molecule has 0 saturated heterocycles. The van der Waals surface area contributed by atoms with Crippen molar-refractivity contribution < 1.29 is 0 Å². The molecule has 0 fully saturated rings. The fraction of sp³-hybridized carbons (Fsp3) is 0.111. The zero-order valence-electron chi connectivity index (χ0n) is 8.58. The summed E-state index contributed by atoms with van der Waals surface area (Å²) in [6.07, 6.45) is 2.83. The highest BCUT2D eigenvalue weighted by Gasteiger charge is 2.09. The van der Waals surface area contributed by atoms with Gasteiger partial charge < -0.3 is 11.5 Å². The average Bonchev–Trinajstić information content (AvgIpc) is 2.20. The number of anilines is 2. The molecule has 0 radical (unpaired) electrons. The van der Waals surface area contributed by atoms with Crippen molar-refractivity contribution in [3.8, 4) is 5.69 Å². The molecule has 4 N–H and O–H groups in total. The van der Waals surface area contributed by atoms with Crippen molar-refractivity contribution in [1.82, 2.24) is 19.5 Å². The van der Waals surface area contributed by atoms with E-state index in [0.29, 0.717) is 11.4 Å². The van der Waals surface area contributed by atoms with E-state index < -0.39 is 5.69 Å². The number of aryl methyl sites for hydroxylation is 1. The van der Waals surface area contributed by atoms with Crippen LogP contribution in [0.2, 0.25) is 0 Å². The van der Waals surface area contributed by atoms with Crippen molar-refractivity contribution in [3.63, 3.8) is 0 Å². The quantitative estimate of drug-likeness (QED) is 0.666. The zero-order chi connectivity index (χ0) is 11.7. The lowest BCUT2D eigenvalue weighted by atomic mass is 10.3. The molecule has 0 spiro atoms. The molecule has 0 amide bonds. The van der Waals surface area contributed by atoms with Gasteiger partial charge >= 0.3 is 5.69 Å². The van der Waals surface area contributed by atoms with Crippen LogP contribution < -0.4 is 17.2 Å². The predicted molar refractivity (Wildman–Crippen MR) is 59.0 cm³/mol. The van der Waals surface area contributed by atoms with Gasteiger partial charge in [-0.05, 0) is 13.0 Å². The summed E-state index contributed by atoms with van der Waals surface area (Å²) >= 11 is 0. The minimum absolute atomic E-state index is 0.161. The van der Waals surface area contributed by atoms with Gasteiger partial charge in [0.2, 0.25) is 0 Å². The molecule has 0 aliphatic heterocycles. The Morgan fingerprint density at radius 1 is 1.31 bits per heavy atom. The number of aromatic nitrogens is 4. The summed E-state index contributed by atoms with van der Waals surface area (Å²) < 4.78 is 1.26. The largest absolute Gasteiger partial charge is 0.383 e. The molecule has 0 aromatic carbocycles. The van der Waals surface area contributed by atoms with Gasteiger partial charge in [-0.1, -0.05) is 0 Å². The zero-order valence-corrected chi connectivity index (χ0v) is 8.58. The molecule has 0 unspecified atom stereocenters. The van der Waals surface area contributed by atoms with E-state index in [0.717, 1.165) is 0 Å². The molecule has 2 aromatic rings. The number of nitrogens with two attached hydrogens (primary N) is 2. The van der Waals surface area contributed by atoms with Crippen LogP contribution in [0, 0.1) is 6.92 Å². The Balaban J connectivity index is 2.73. The van der Waals surface area contributed by atoms with Crippen LogP contribution in [0.4, 0.5) is 11.6 Å². The molecular formula is C9H10N6O. The van der Waals surface area contributed by atoms with E-state index in [9.17, 15) is 4.79 Å². The molecular weight excluding hydrogens is 208 g/mol. The van der Waals surface area contributed by atoms with Crippen molar-refractivity contribution in [3.05, 3.63) is 34.8 Å². The minimum Gasteiger partial charge on any atom is -0.383 e. The van der Waals surface area contributed by atoms with Crippen molar-refractivity contribution in [1.29, 1.82) is 0 Å². The second-order valence-electron chi connectivity index (χ2n) is 3.20. The van der Waals surface area contributed by atoms with Gasteiger partial charge in [0, 0.05) is 6.20 Å². The van der Waals surface area contributed by atoms with Crippen LogP contribution in [0.5, 0.6) is 0 Å². The smallest absolute Gasteiger partial charge is 0.354 e. The maximum atomic E-state index is 11.6. The van der Waals surface area contributed by atoms with Gasteiger partial charge in [-0.15, -0.1) is 0 Å². The summed E-state index contributed by atoms with van der Waals surface area (Å²) in [6.45, 7) is 1.73. The molecule has 2 aromatic heterocycles. The van der Waals surface area contributed by atoms with Crippen LogP contribution >= 0.6 is 0 Å². The molecule has 7 heteroatoms. The van der Waals surface area contributed by atoms with Crippen LogP contribution in [0.15, 0.2) is 23.4 Å². The Labute approximate surface area is 90.8 Å². The highest BCUT2D eigenvalue weighted by molar-refractivity contribution is 5.54. The summed E-state index contributed by atoms with van der Waals surface area (Å²) in [7, 11) is 0. The maximum absolute atomic E-state index is 11.6. The number of nitrogens with zero attached hydrogens (tertiary/aromatic N) is 4. The first-order chi connectivity index (χ1) is 7.59.